The van der Waals surface area contributed by atoms with Crippen molar-refractivity contribution < 1.29 is 17.9 Å². The van der Waals surface area contributed by atoms with Gasteiger partial charge in [0.2, 0.25) is 15.9 Å². The number of ether oxygens (including phenoxy) is 1. The highest BCUT2D eigenvalue weighted by molar-refractivity contribution is 7.92. The molecule has 27 heavy (non-hydrogen) atoms. The van der Waals surface area contributed by atoms with Crippen LogP contribution in [0.15, 0.2) is 48.5 Å². The molecule has 2 aromatic carbocycles. The molecular weight excluding hydrogens is 364 g/mol. The first kappa shape index (κ1) is 20.8. The van der Waals surface area contributed by atoms with Crippen molar-refractivity contribution in [2.24, 2.45) is 0 Å². The quantitative estimate of drug-likeness (QED) is 0.749. The maximum absolute atomic E-state index is 12.7. The second-order valence-corrected chi connectivity index (χ2v) is 8.06. The summed E-state index contributed by atoms with van der Waals surface area (Å²) in [5.74, 6) is 0.237. The molecule has 0 heterocycles. The Labute approximate surface area is 161 Å². The zero-order valence-electron chi connectivity index (χ0n) is 16.1. The monoisotopic (exact) mass is 390 g/mol. The largest absolute Gasteiger partial charge is 0.494 e. The summed E-state index contributed by atoms with van der Waals surface area (Å²) in [5.41, 5.74) is 2.20. The summed E-state index contributed by atoms with van der Waals surface area (Å²) in [5, 5.41) is 2.78. The average Bonchev–Trinajstić information content (AvgIpc) is 2.63. The van der Waals surface area contributed by atoms with Gasteiger partial charge in [-0.05, 0) is 62.2 Å². The molecule has 0 bridgehead atoms. The molecule has 1 atom stereocenters. The van der Waals surface area contributed by atoms with Crippen molar-refractivity contribution in [3.8, 4) is 5.75 Å². The number of carbonyl (C=O) groups excluding carboxylic acids is 1. The Balaban J connectivity index is 2.23. The van der Waals surface area contributed by atoms with Crippen LogP contribution in [-0.2, 0) is 21.2 Å². The Bertz CT molecular complexity index is 862. The zero-order chi connectivity index (χ0) is 20.0. The Morgan fingerprint density at radius 3 is 2.15 bits per heavy atom. The van der Waals surface area contributed by atoms with E-state index in [-0.39, 0.29) is 0 Å². The van der Waals surface area contributed by atoms with Crippen LogP contribution >= 0.6 is 0 Å². The minimum atomic E-state index is -3.66. The van der Waals surface area contributed by atoms with Crippen LogP contribution in [0.5, 0.6) is 5.75 Å². The fraction of sp³-hybridized carbons (Fsp3) is 0.350. The minimum absolute atomic E-state index is 0.404. The van der Waals surface area contributed by atoms with Crippen LogP contribution in [0.3, 0.4) is 0 Å². The fourth-order valence-electron chi connectivity index (χ4n) is 2.74. The van der Waals surface area contributed by atoms with E-state index in [0.29, 0.717) is 23.7 Å². The van der Waals surface area contributed by atoms with Gasteiger partial charge in [0.05, 0.1) is 18.6 Å². The fourth-order valence-corrected chi connectivity index (χ4v) is 3.91. The second kappa shape index (κ2) is 8.90. The Morgan fingerprint density at radius 2 is 1.67 bits per heavy atom. The third-order valence-electron chi connectivity index (χ3n) is 4.12. The van der Waals surface area contributed by atoms with E-state index in [2.05, 4.69) is 12.2 Å². The van der Waals surface area contributed by atoms with Gasteiger partial charge in [-0.1, -0.05) is 19.1 Å². The second-order valence-electron chi connectivity index (χ2n) is 6.20. The molecule has 1 amide bonds. The summed E-state index contributed by atoms with van der Waals surface area (Å²) in [6.45, 7) is 6.00. The zero-order valence-corrected chi connectivity index (χ0v) is 16.9. The number of hydrogen-bond donors (Lipinski definition) is 1. The lowest BCUT2D eigenvalue weighted by molar-refractivity contribution is -0.116. The first-order chi connectivity index (χ1) is 12.8. The molecule has 0 saturated heterocycles. The van der Waals surface area contributed by atoms with Gasteiger partial charge in [-0.2, -0.15) is 0 Å². The highest BCUT2D eigenvalue weighted by Gasteiger charge is 2.29. The number of nitrogens with one attached hydrogen (secondary N) is 1. The van der Waals surface area contributed by atoms with Gasteiger partial charge in [-0.25, -0.2) is 8.42 Å². The van der Waals surface area contributed by atoms with Crippen LogP contribution in [0.2, 0.25) is 0 Å². The predicted molar refractivity (Wildman–Crippen MR) is 109 cm³/mol. The van der Waals surface area contributed by atoms with E-state index >= 15 is 0 Å². The Hall–Kier alpha value is -2.54. The summed E-state index contributed by atoms with van der Waals surface area (Å²) in [7, 11) is -3.66. The number of amides is 1. The van der Waals surface area contributed by atoms with E-state index in [1.165, 1.54) is 0 Å². The number of aryl methyl sites for hydroxylation is 1. The normalized spacial score (nSPS) is 12.3. The number of carbonyl (C=O) groups is 1. The van der Waals surface area contributed by atoms with Crippen LogP contribution in [0.25, 0.3) is 0 Å². The third kappa shape index (κ3) is 5.47. The van der Waals surface area contributed by atoms with E-state index in [9.17, 15) is 13.2 Å². The molecular formula is C20H26N2O4S. The van der Waals surface area contributed by atoms with Gasteiger partial charge in [0, 0.05) is 5.69 Å². The molecule has 7 heteroatoms. The molecule has 0 saturated carbocycles. The van der Waals surface area contributed by atoms with Crippen molar-refractivity contribution in [2.45, 2.75) is 33.2 Å². The van der Waals surface area contributed by atoms with Gasteiger partial charge in [0.15, 0.2) is 0 Å². The predicted octanol–water partition coefficient (Wildman–Crippen LogP) is 3.44. The van der Waals surface area contributed by atoms with Gasteiger partial charge < -0.3 is 10.1 Å². The molecule has 0 spiro atoms. The third-order valence-corrected chi connectivity index (χ3v) is 5.36. The SMILES string of the molecule is CCOc1ccc(N([C@@H](C)C(=O)Nc2ccc(CC)cc2)S(C)(=O)=O)cc1. The summed E-state index contributed by atoms with van der Waals surface area (Å²) < 4.78 is 31.2. The molecule has 0 radical (unpaired) electrons. The van der Waals surface area contributed by atoms with Crippen molar-refractivity contribution in [1.82, 2.24) is 0 Å². The van der Waals surface area contributed by atoms with Crippen LogP contribution < -0.4 is 14.4 Å². The van der Waals surface area contributed by atoms with Crippen molar-refractivity contribution >= 4 is 27.3 Å². The molecule has 0 aromatic heterocycles. The van der Waals surface area contributed by atoms with Gasteiger partial charge in [-0.3, -0.25) is 9.10 Å². The summed E-state index contributed by atoms with van der Waals surface area (Å²) >= 11 is 0. The van der Waals surface area contributed by atoms with Crippen molar-refractivity contribution in [1.29, 1.82) is 0 Å². The first-order valence-corrected chi connectivity index (χ1v) is 10.7. The van der Waals surface area contributed by atoms with Crippen LogP contribution in [0, 0.1) is 0 Å². The minimum Gasteiger partial charge on any atom is -0.494 e. The Morgan fingerprint density at radius 1 is 1.07 bits per heavy atom. The lowest BCUT2D eigenvalue weighted by Crippen LogP contribution is -2.45. The van der Waals surface area contributed by atoms with Crippen LogP contribution in [0.4, 0.5) is 11.4 Å². The van der Waals surface area contributed by atoms with Gasteiger partial charge in [-0.15, -0.1) is 0 Å². The number of sulfonamides is 1. The number of anilines is 2. The molecule has 0 aliphatic rings. The van der Waals surface area contributed by atoms with Crippen LogP contribution in [-0.4, -0.2) is 33.2 Å². The van der Waals surface area contributed by atoms with Gasteiger partial charge >= 0.3 is 0 Å². The first-order valence-electron chi connectivity index (χ1n) is 8.88. The van der Waals surface area contributed by atoms with E-state index in [0.717, 1.165) is 22.5 Å². The highest BCUT2D eigenvalue weighted by Crippen LogP contribution is 2.24. The van der Waals surface area contributed by atoms with Gasteiger partial charge in [0.25, 0.3) is 0 Å². The summed E-state index contributed by atoms with van der Waals surface area (Å²) in [6, 6.07) is 13.2. The molecule has 0 aliphatic carbocycles. The summed E-state index contributed by atoms with van der Waals surface area (Å²) in [4.78, 5) is 12.7. The van der Waals surface area contributed by atoms with Crippen molar-refractivity contribution in [3.05, 3.63) is 54.1 Å². The average molecular weight is 391 g/mol. The van der Waals surface area contributed by atoms with E-state index in [1.54, 1.807) is 31.2 Å². The maximum Gasteiger partial charge on any atom is 0.247 e. The molecule has 0 fully saturated rings. The molecule has 0 unspecified atom stereocenters. The lowest BCUT2D eigenvalue weighted by atomic mass is 10.1. The lowest BCUT2D eigenvalue weighted by Gasteiger charge is -2.28. The molecule has 0 aliphatic heterocycles. The standard InChI is InChI=1S/C20H26N2O4S/c1-5-16-7-9-17(10-8-16)21-20(23)15(3)22(27(4,24)25)18-11-13-19(14-12-18)26-6-2/h7-15H,5-6H2,1-4H3,(H,21,23)/t15-/m0/s1. The van der Waals surface area contributed by atoms with Crippen LogP contribution in [0.1, 0.15) is 26.3 Å². The number of hydrogen-bond acceptors (Lipinski definition) is 4. The van der Waals surface area contributed by atoms with Gasteiger partial charge in [0.1, 0.15) is 11.8 Å². The molecule has 1 N–H and O–H groups in total. The maximum atomic E-state index is 12.7. The van der Waals surface area contributed by atoms with E-state index in [4.69, 9.17) is 4.74 Å². The number of rotatable bonds is 8. The number of nitrogens with zero attached hydrogens (tertiary/aromatic N) is 1. The number of benzene rings is 2. The molecule has 6 nitrogen and oxygen atoms in total. The van der Waals surface area contributed by atoms with E-state index in [1.807, 2.05) is 31.2 Å². The Kier molecular flexibility index (Phi) is 6.85. The summed E-state index contributed by atoms with van der Waals surface area (Å²) in [6.07, 6.45) is 1.99. The van der Waals surface area contributed by atoms with Crippen molar-refractivity contribution in [3.63, 3.8) is 0 Å². The smallest absolute Gasteiger partial charge is 0.247 e. The highest BCUT2D eigenvalue weighted by atomic mass is 32.2. The topological polar surface area (TPSA) is 75.7 Å². The molecule has 2 rings (SSSR count). The van der Waals surface area contributed by atoms with Crippen molar-refractivity contribution in [2.75, 3.05) is 22.5 Å². The molecule has 146 valence electrons. The van der Waals surface area contributed by atoms with E-state index < -0.39 is 22.0 Å². The molecule has 2 aromatic rings.